The lowest BCUT2D eigenvalue weighted by Gasteiger charge is -2.31. The number of rotatable bonds is 2. The molecule has 21 heavy (non-hydrogen) atoms. The van der Waals surface area contributed by atoms with Crippen molar-refractivity contribution in [1.29, 1.82) is 0 Å². The number of likely N-dealkylation sites (N-methyl/N-ethyl adjacent to an activating group) is 1. The first-order chi connectivity index (χ1) is 10.0. The third-order valence-electron chi connectivity index (χ3n) is 4.62. The number of carbonyl (C=O) groups excluding carboxylic acids is 2. The first-order valence-corrected chi connectivity index (χ1v) is 6.99. The smallest absolute Gasteiger partial charge is 0.410 e. The van der Waals surface area contributed by atoms with Crippen molar-refractivity contribution in [3.8, 4) is 5.75 Å². The molecule has 0 spiro atoms. The molecule has 0 bridgehead atoms. The molecule has 2 amide bonds. The van der Waals surface area contributed by atoms with Gasteiger partial charge >= 0.3 is 6.09 Å². The summed E-state index contributed by atoms with van der Waals surface area (Å²) >= 11 is 0. The molecule has 0 saturated carbocycles. The van der Waals surface area contributed by atoms with Crippen molar-refractivity contribution < 1.29 is 14.3 Å². The van der Waals surface area contributed by atoms with E-state index in [2.05, 4.69) is 17.1 Å². The summed E-state index contributed by atoms with van der Waals surface area (Å²) in [7, 11) is 3.55. The van der Waals surface area contributed by atoms with Gasteiger partial charge in [0.05, 0.1) is 6.17 Å². The number of carbonyl (C=O) groups is 2. The molecule has 2 atom stereocenters. The number of hydrogen-bond donors (Lipinski definition) is 1. The number of likely N-dealkylation sites (tertiary alicyclic amines) is 1. The molecular formula is C15H19N3O3. The van der Waals surface area contributed by atoms with Crippen molar-refractivity contribution in [2.24, 2.45) is 0 Å². The zero-order chi connectivity index (χ0) is 15.2. The zero-order valence-electron chi connectivity index (χ0n) is 12.4. The Morgan fingerprint density at radius 3 is 2.95 bits per heavy atom. The minimum atomic E-state index is -0.495. The molecule has 0 aliphatic carbocycles. The van der Waals surface area contributed by atoms with E-state index in [0.29, 0.717) is 5.75 Å². The van der Waals surface area contributed by atoms with E-state index in [0.717, 1.165) is 30.6 Å². The normalized spacial score (nSPS) is 27.2. The summed E-state index contributed by atoms with van der Waals surface area (Å²) in [4.78, 5) is 26.8. The van der Waals surface area contributed by atoms with E-state index in [-0.39, 0.29) is 11.6 Å². The number of nitrogens with one attached hydrogen (secondary N) is 1. The Morgan fingerprint density at radius 2 is 2.29 bits per heavy atom. The van der Waals surface area contributed by atoms with Gasteiger partial charge in [-0.15, -0.1) is 0 Å². The number of amides is 2. The molecule has 1 aromatic carbocycles. The largest absolute Gasteiger partial charge is 0.412 e. The zero-order valence-corrected chi connectivity index (χ0v) is 12.4. The molecule has 1 N–H and O–H groups in total. The molecule has 1 saturated heterocycles. The predicted octanol–water partition coefficient (Wildman–Crippen LogP) is 1.30. The molecule has 0 radical (unpaired) electrons. The van der Waals surface area contributed by atoms with Crippen LogP contribution in [0, 0.1) is 0 Å². The van der Waals surface area contributed by atoms with E-state index >= 15 is 0 Å². The first kappa shape index (κ1) is 13.9. The average molecular weight is 289 g/mol. The number of benzene rings is 1. The fourth-order valence-corrected chi connectivity index (χ4v) is 3.60. The van der Waals surface area contributed by atoms with Crippen molar-refractivity contribution in [2.45, 2.75) is 24.9 Å². The summed E-state index contributed by atoms with van der Waals surface area (Å²) in [6.45, 7) is 3.10. The van der Waals surface area contributed by atoms with E-state index in [4.69, 9.17) is 4.74 Å². The van der Waals surface area contributed by atoms with E-state index in [9.17, 15) is 9.59 Å². The summed E-state index contributed by atoms with van der Waals surface area (Å²) in [5.74, 6) is 0.496. The summed E-state index contributed by atoms with van der Waals surface area (Å²) in [6.07, 6.45) is 1.39. The van der Waals surface area contributed by atoms with E-state index in [1.165, 1.54) is 7.05 Å². The third kappa shape index (κ3) is 1.90. The van der Waals surface area contributed by atoms with Crippen LogP contribution in [0.3, 0.4) is 0 Å². The molecule has 3 rings (SSSR count). The Hall–Kier alpha value is -2.08. The summed E-state index contributed by atoms with van der Waals surface area (Å²) in [5.41, 5.74) is 1.83. The van der Waals surface area contributed by atoms with Gasteiger partial charge < -0.3 is 10.1 Å². The van der Waals surface area contributed by atoms with Gasteiger partial charge in [-0.3, -0.25) is 14.6 Å². The van der Waals surface area contributed by atoms with Crippen LogP contribution in [0.2, 0.25) is 0 Å². The maximum absolute atomic E-state index is 11.5. The maximum Gasteiger partial charge on any atom is 0.412 e. The lowest BCUT2D eigenvalue weighted by Crippen LogP contribution is -2.46. The van der Waals surface area contributed by atoms with Gasteiger partial charge in [0.2, 0.25) is 6.41 Å². The molecule has 1 fully saturated rings. The molecular weight excluding hydrogens is 270 g/mol. The van der Waals surface area contributed by atoms with Crippen LogP contribution < -0.4 is 15.0 Å². The SMILES string of the molecule is CNC(=O)Oc1ccc2c(c1)[C@]1(C)CCN(C)[C@@H]1N2C=O. The van der Waals surface area contributed by atoms with Gasteiger partial charge in [-0.2, -0.15) is 0 Å². The highest BCUT2D eigenvalue weighted by Gasteiger charge is 2.53. The van der Waals surface area contributed by atoms with Crippen molar-refractivity contribution in [3.63, 3.8) is 0 Å². The van der Waals surface area contributed by atoms with Gasteiger partial charge in [0.15, 0.2) is 0 Å². The highest BCUT2D eigenvalue weighted by Crippen LogP contribution is 2.51. The Kier molecular flexibility index (Phi) is 3.13. The average Bonchev–Trinajstić information content (AvgIpc) is 2.91. The van der Waals surface area contributed by atoms with Crippen LogP contribution in [0.4, 0.5) is 10.5 Å². The number of ether oxygens (including phenoxy) is 1. The van der Waals surface area contributed by atoms with Crippen LogP contribution in [0.5, 0.6) is 5.75 Å². The first-order valence-electron chi connectivity index (χ1n) is 6.99. The quantitative estimate of drug-likeness (QED) is 0.834. The molecule has 112 valence electrons. The Balaban J connectivity index is 2.04. The number of hydrogen-bond acceptors (Lipinski definition) is 4. The summed E-state index contributed by atoms with van der Waals surface area (Å²) < 4.78 is 5.21. The van der Waals surface area contributed by atoms with Gasteiger partial charge in [-0.1, -0.05) is 6.92 Å². The van der Waals surface area contributed by atoms with Crippen LogP contribution in [0.15, 0.2) is 18.2 Å². The number of nitrogens with zero attached hydrogens (tertiary/aromatic N) is 2. The van der Waals surface area contributed by atoms with E-state index < -0.39 is 6.09 Å². The minimum absolute atomic E-state index is 0.0280. The van der Waals surface area contributed by atoms with Crippen LogP contribution in [0.25, 0.3) is 0 Å². The third-order valence-corrected chi connectivity index (χ3v) is 4.62. The van der Waals surface area contributed by atoms with Crippen molar-refractivity contribution >= 4 is 18.2 Å². The lowest BCUT2D eigenvalue weighted by atomic mass is 9.81. The van der Waals surface area contributed by atoms with Gasteiger partial charge in [0.1, 0.15) is 5.75 Å². The summed E-state index contributed by atoms with van der Waals surface area (Å²) in [5, 5.41) is 2.43. The number of anilines is 1. The van der Waals surface area contributed by atoms with Crippen LogP contribution in [-0.4, -0.2) is 44.2 Å². The van der Waals surface area contributed by atoms with Crippen molar-refractivity contribution in [2.75, 3.05) is 25.5 Å². The van der Waals surface area contributed by atoms with Crippen molar-refractivity contribution in [1.82, 2.24) is 10.2 Å². The Labute approximate surface area is 123 Å². The van der Waals surface area contributed by atoms with Gasteiger partial charge in [-0.25, -0.2) is 4.79 Å². The molecule has 2 aliphatic heterocycles. The number of fused-ring (bicyclic) bond motifs is 3. The predicted molar refractivity (Wildman–Crippen MR) is 78.5 cm³/mol. The second-order valence-corrected chi connectivity index (χ2v) is 5.85. The fraction of sp³-hybridized carbons (Fsp3) is 0.467. The monoisotopic (exact) mass is 289 g/mol. The van der Waals surface area contributed by atoms with Crippen molar-refractivity contribution in [3.05, 3.63) is 23.8 Å². The topological polar surface area (TPSA) is 61.9 Å². The lowest BCUT2D eigenvalue weighted by molar-refractivity contribution is -0.108. The van der Waals surface area contributed by atoms with E-state index in [1.54, 1.807) is 11.0 Å². The fourth-order valence-electron chi connectivity index (χ4n) is 3.60. The second-order valence-electron chi connectivity index (χ2n) is 5.85. The molecule has 2 heterocycles. The van der Waals surface area contributed by atoms with Crippen LogP contribution in [0.1, 0.15) is 18.9 Å². The Bertz CT molecular complexity index is 604. The molecule has 0 unspecified atom stereocenters. The molecule has 2 aliphatic rings. The van der Waals surface area contributed by atoms with E-state index in [1.807, 2.05) is 19.2 Å². The second kappa shape index (κ2) is 4.73. The molecule has 0 aromatic heterocycles. The van der Waals surface area contributed by atoms with Gasteiger partial charge in [0.25, 0.3) is 0 Å². The highest BCUT2D eigenvalue weighted by atomic mass is 16.5. The van der Waals surface area contributed by atoms with Crippen LogP contribution in [-0.2, 0) is 10.2 Å². The molecule has 6 heteroatoms. The highest BCUT2D eigenvalue weighted by molar-refractivity contribution is 5.84. The molecule has 6 nitrogen and oxygen atoms in total. The molecule has 1 aromatic rings. The maximum atomic E-state index is 11.5. The van der Waals surface area contributed by atoms with Gasteiger partial charge in [0, 0.05) is 24.7 Å². The van der Waals surface area contributed by atoms with Gasteiger partial charge in [-0.05, 0) is 37.2 Å². The minimum Gasteiger partial charge on any atom is -0.410 e. The Morgan fingerprint density at radius 1 is 1.52 bits per heavy atom. The summed E-state index contributed by atoms with van der Waals surface area (Å²) in [6, 6.07) is 5.44. The van der Waals surface area contributed by atoms with Crippen LogP contribution >= 0.6 is 0 Å². The standard InChI is InChI=1S/C15H19N3O3/c1-15-6-7-17(3)13(15)18(9-19)12-5-4-10(8-11(12)15)21-14(20)16-2/h4-5,8-9,13H,6-7H2,1-3H3,(H,16,20)/t13-,15+/m1/s1.